The van der Waals surface area contributed by atoms with E-state index in [9.17, 15) is 9.59 Å². The molecule has 0 unspecified atom stereocenters. The molecular formula is C21H15BrN2O2S. The van der Waals surface area contributed by atoms with Crippen molar-refractivity contribution in [2.45, 2.75) is 6.92 Å². The van der Waals surface area contributed by atoms with Crippen molar-refractivity contribution in [1.82, 2.24) is 0 Å². The summed E-state index contributed by atoms with van der Waals surface area (Å²) in [6.07, 6.45) is 0. The lowest BCUT2D eigenvalue weighted by Gasteiger charge is -2.15. The molecule has 0 spiro atoms. The largest absolute Gasteiger partial charge is 0.350 e. The fraction of sp³-hybridized carbons (Fsp3) is 0.0476. The Balaban J connectivity index is 1.81. The van der Waals surface area contributed by atoms with Gasteiger partial charge in [0, 0.05) is 15.0 Å². The molecule has 2 amide bonds. The van der Waals surface area contributed by atoms with E-state index >= 15 is 0 Å². The van der Waals surface area contributed by atoms with Crippen LogP contribution < -0.4 is 10.2 Å². The molecule has 1 N–H and O–H groups in total. The number of hydrogen-bond acceptors (Lipinski definition) is 4. The predicted octanol–water partition coefficient (Wildman–Crippen LogP) is 5.22. The van der Waals surface area contributed by atoms with Crippen LogP contribution in [0.25, 0.3) is 5.57 Å². The molecule has 27 heavy (non-hydrogen) atoms. The molecule has 6 heteroatoms. The van der Waals surface area contributed by atoms with Gasteiger partial charge >= 0.3 is 0 Å². The highest BCUT2D eigenvalue weighted by Gasteiger charge is 2.40. The van der Waals surface area contributed by atoms with E-state index in [4.69, 9.17) is 0 Å². The van der Waals surface area contributed by atoms with Gasteiger partial charge < -0.3 is 5.32 Å². The van der Waals surface area contributed by atoms with Gasteiger partial charge in [-0.05, 0) is 54.3 Å². The predicted molar refractivity (Wildman–Crippen MR) is 113 cm³/mol. The van der Waals surface area contributed by atoms with E-state index in [0.717, 1.165) is 20.6 Å². The zero-order valence-corrected chi connectivity index (χ0v) is 16.8. The first kappa shape index (κ1) is 17.7. The topological polar surface area (TPSA) is 49.4 Å². The lowest BCUT2D eigenvalue weighted by atomic mass is 10.1. The average Bonchev–Trinajstić information content (AvgIpc) is 3.25. The molecule has 0 saturated heterocycles. The number of benzene rings is 2. The number of carbonyl (C=O) groups excluding carboxylic acids is 2. The Bertz CT molecular complexity index is 1060. The third-order valence-electron chi connectivity index (χ3n) is 4.34. The second-order valence-electron chi connectivity index (χ2n) is 6.09. The first-order valence-corrected chi connectivity index (χ1v) is 9.98. The number of amides is 2. The summed E-state index contributed by atoms with van der Waals surface area (Å²) >= 11 is 4.82. The number of carbonyl (C=O) groups is 2. The van der Waals surface area contributed by atoms with Gasteiger partial charge in [0.2, 0.25) is 0 Å². The molecule has 0 bridgehead atoms. The SMILES string of the molecule is Cc1ccccc1NC1=C(c2cccs2)C(=O)N(c2ccc(Br)cc2)C1=O. The minimum Gasteiger partial charge on any atom is -0.350 e. The molecule has 4 rings (SSSR count). The highest BCUT2D eigenvalue weighted by atomic mass is 79.9. The van der Waals surface area contributed by atoms with Crippen molar-refractivity contribution < 1.29 is 9.59 Å². The molecule has 0 atom stereocenters. The van der Waals surface area contributed by atoms with E-state index in [1.165, 1.54) is 16.2 Å². The molecule has 1 aliphatic heterocycles. The average molecular weight is 439 g/mol. The Labute approximate surface area is 169 Å². The molecule has 2 aromatic carbocycles. The Morgan fingerprint density at radius 2 is 1.67 bits per heavy atom. The van der Waals surface area contributed by atoms with Crippen LogP contribution >= 0.6 is 27.3 Å². The van der Waals surface area contributed by atoms with Gasteiger partial charge in [-0.1, -0.05) is 40.2 Å². The fourth-order valence-corrected chi connectivity index (χ4v) is 4.00. The van der Waals surface area contributed by atoms with Crippen LogP contribution in [0.4, 0.5) is 11.4 Å². The highest BCUT2D eigenvalue weighted by molar-refractivity contribution is 9.10. The molecule has 1 aliphatic rings. The van der Waals surface area contributed by atoms with Crippen molar-refractivity contribution in [3.8, 4) is 0 Å². The number of aryl methyl sites for hydroxylation is 1. The summed E-state index contributed by atoms with van der Waals surface area (Å²) in [5, 5.41) is 5.10. The van der Waals surface area contributed by atoms with E-state index in [-0.39, 0.29) is 11.8 Å². The standard InChI is InChI=1S/C21H15BrN2O2S/c1-13-5-2-3-6-16(13)23-19-18(17-7-4-12-27-17)20(25)24(21(19)26)15-10-8-14(22)9-11-15/h2-12,23H,1H3. The summed E-state index contributed by atoms with van der Waals surface area (Å²) in [4.78, 5) is 28.4. The van der Waals surface area contributed by atoms with E-state index in [1.807, 2.05) is 60.8 Å². The van der Waals surface area contributed by atoms with Gasteiger partial charge in [-0.2, -0.15) is 0 Å². The molecule has 0 saturated carbocycles. The summed E-state index contributed by atoms with van der Waals surface area (Å²) in [5.41, 5.74) is 3.06. The van der Waals surface area contributed by atoms with Gasteiger partial charge in [0.1, 0.15) is 5.70 Å². The summed E-state index contributed by atoms with van der Waals surface area (Å²) in [6.45, 7) is 1.96. The minimum absolute atomic E-state index is 0.305. The first-order chi connectivity index (χ1) is 13.1. The van der Waals surface area contributed by atoms with Crippen molar-refractivity contribution in [1.29, 1.82) is 0 Å². The van der Waals surface area contributed by atoms with Gasteiger partial charge in [-0.25, -0.2) is 4.90 Å². The van der Waals surface area contributed by atoms with E-state index in [2.05, 4.69) is 21.2 Å². The quantitative estimate of drug-likeness (QED) is 0.568. The molecule has 2 heterocycles. The zero-order valence-electron chi connectivity index (χ0n) is 14.4. The van der Waals surface area contributed by atoms with E-state index in [0.29, 0.717) is 17.0 Å². The Morgan fingerprint density at radius 1 is 0.926 bits per heavy atom. The molecule has 1 aromatic heterocycles. The van der Waals surface area contributed by atoms with Gasteiger partial charge in [-0.3, -0.25) is 9.59 Å². The molecule has 3 aromatic rings. The number of thiophene rings is 1. The third-order valence-corrected chi connectivity index (χ3v) is 5.76. The number of anilines is 2. The maximum atomic E-state index is 13.2. The number of rotatable bonds is 4. The van der Waals surface area contributed by atoms with Crippen molar-refractivity contribution >= 4 is 56.0 Å². The van der Waals surface area contributed by atoms with Crippen LogP contribution in [0.15, 0.2) is 76.2 Å². The normalized spacial score (nSPS) is 14.2. The van der Waals surface area contributed by atoms with Crippen LogP contribution in [-0.4, -0.2) is 11.8 Å². The van der Waals surface area contributed by atoms with E-state index in [1.54, 1.807) is 12.1 Å². The molecule has 134 valence electrons. The van der Waals surface area contributed by atoms with Gasteiger partial charge in [0.15, 0.2) is 0 Å². The molecule has 0 fully saturated rings. The number of para-hydroxylation sites is 1. The van der Waals surface area contributed by atoms with Gasteiger partial charge in [0.25, 0.3) is 11.8 Å². The maximum absolute atomic E-state index is 13.2. The summed E-state index contributed by atoms with van der Waals surface area (Å²) in [7, 11) is 0. The molecular weight excluding hydrogens is 424 g/mol. The van der Waals surface area contributed by atoms with Crippen LogP contribution in [0.2, 0.25) is 0 Å². The van der Waals surface area contributed by atoms with Crippen LogP contribution in [-0.2, 0) is 9.59 Å². The maximum Gasteiger partial charge on any atom is 0.282 e. The number of hydrogen-bond donors (Lipinski definition) is 1. The lowest BCUT2D eigenvalue weighted by molar-refractivity contribution is -0.120. The Morgan fingerprint density at radius 3 is 2.33 bits per heavy atom. The Kier molecular flexibility index (Phi) is 4.68. The van der Waals surface area contributed by atoms with Crippen LogP contribution in [0, 0.1) is 6.92 Å². The van der Waals surface area contributed by atoms with Gasteiger partial charge in [0.05, 0.1) is 11.3 Å². The lowest BCUT2D eigenvalue weighted by Crippen LogP contribution is -2.32. The molecule has 0 aliphatic carbocycles. The second kappa shape index (κ2) is 7.13. The Hall–Kier alpha value is -2.70. The smallest absolute Gasteiger partial charge is 0.282 e. The number of nitrogens with zero attached hydrogens (tertiary/aromatic N) is 1. The number of imide groups is 1. The third kappa shape index (κ3) is 3.22. The second-order valence-corrected chi connectivity index (χ2v) is 7.95. The van der Waals surface area contributed by atoms with Crippen LogP contribution in [0.5, 0.6) is 0 Å². The van der Waals surface area contributed by atoms with Crippen molar-refractivity contribution in [3.63, 3.8) is 0 Å². The summed E-state index contributed by atoms with van der Waals surface area (Å²) in [5.74, 6) is -0.671. The summed E-state index contributed by atoms with van der Waals surface area (Å²) in [6, 6.07) is 18.6. The first-order valence-electron chi connectivity index (χ1n) is 8.31. The van der Waals surface area contributed by atoms with Crippen LogP contribution in [0.1, 0.15) is 10.4 Å². The minimum atomic E-state index is -0.353. The number of halogens is 1. The zero-order chi connectivity index (χ0) is 19.0. The molecule has 0 radical (unpaired) electrons. The van der Waals surface area contributed by atoms with E-state index < -0.39 is 0 Å². The highest BCUT2D eigenvalue weighted by Crippen LogP contribution is 2.36. The van der Waals surface area contributed by atoms with Gasteiger partial charge in [-0.15, -0.1) is 11.3 Å². The molecule has 4 nitrogen and oxygen atoms in total. The van der Waals surface area contributed by atoms with Crippen molar-refractivity contribution in [2.24, 2.45) is 0 Å². The number of nitrogens with one attached hydrogen (secondary N) is 1. The fourth-order valence-electron chi connectivity index (χ4n) is 2.97. The summed E-state index contributed by atoms with van der Waals surface area (Å²) < 4.78 is 0.884. The van der Waals surface area contributed by atoms with Crippen molar-refractivity contribution in [2.75, 3.05) is 10.2 Å². The monoisotopic (exact) mass is 438 g/mol. The van der Waals surface area contributed by atoms with Crippen LogP contribution in [0.3, 0.4) is 0 Å². The van der Waals surface area contributed by atoms with Crippen molar-refractivity contribution in [3.05, 3.63) is 86.7 Å².